The van der Waals surface area contributed by atoms with Gasteiger partial charge in [0, 0.05) is 36.6 Å². The molecule has 2 aromatic heterocycles. The molecular formula is C25H30N6O4. The van der Waals surface area contributed by atoms with Gasteiger partial charge in [-0.05, 0) is 64.2 Å². The summed E-state index contributed by atoms with van der Waals surface area (Å²) in [6.45, 7) is 6.94. The molecule has 0 aliphatic carbocycles. The first-order valence-electron chi connectivity index (χ1n) is 12.0. The molecule has 10 nitrogen and oxygen atoms in total. The van der Waals surface area contributed by atoms with E-state index < -0.39 is 0 Å². The monoisotopic (exact) mass is 478 g/mol. The van der Waals surface area contributed by atoms with E-state index in [1.807, 2.05) is 45.0 Å². The minimum absolute atomic E-state index is 0.132. The molecule has 35 heavy (non-hydrogen) atoms. The van der Waals surface area contributed by atoms with Gasteiger partial charge in [0.1, 0.15) is 0 Å². The van der Waals surface area contributed by atoms with Crippen LogP contribution in [0.5, 0.6) is 0 Å². The van der Waals surface area contributed by atoms with Crippen molar-refractivity contribution < 1.29 is 18.6 Å². The Labute approximate surface area is 203 Å². The number of amides is 4. The Balaban J connectivity index is 1.27. The minimum Gasteiger partial charge on any atom is -0.359 e. The van der Waals surface area contributed by atoms with E-state index in [1.54, 1.807) is 15.9 Å². The SMILES string of the molecule is Cc1cc([C@@H]2CCCN2C(=O)Nc2ccc(C)c(NC(=O)N3CCC[C@H]3c3cc(C)no3)c2)on1. The molecule has 0 radical (unpaired) electrons. The average molecular weight is 479 g/mol. The van der Waals surface area contributed by atoms with E-state index >= 15 is 0 Å². The van der Waals surface area contributed by atoms with Gasteiger partial charge in [-0.25, -0.2) is 9.59 Å². The third kappa shape index (κ3) is 4.73. The Morgan fingerprint density at radius 2 is 1.37 bits per heavy atom. The minimum atomic E-state index is -0.206. The number of aromatic nitrogens is 2. The molecule has 0 saturated carbocycles. The molecule has 3 aromatic rings. The predicted molar refractivity (Wildman–Crippen MR) is 129 cm³/mol. The number of anilines is 2. The van der Waals surface area contributed by atoms with E-state index in [0.29, 0.717) is 36.0 Å². The van der Waals surface area contributed by atoms with E-state index in [-0.39, 0.29) is 24.1 Å². The number of benzene rings is 1. The number of hydrogen-bond acceptors (Lipinski definition) is 6. The lowest BCUT2D eigenvalue weighted by atomic mass is 10.1. The zero-order chi connectivity index (χ0) is 24.5. The lowest BCUT2D eigenvalue weighted by Crippen LogP contribution is -2.35. The number of hydrogen-bond donors (Lipinski definition) is 2. The first kappa shape index (κ1) is 22.9. The average Bonchev–Trinajstić information content (AvgIpc) is 3.62. The van der Waals surface area contributed by atoms with Crippen molar-refractivity contribution >= 4 is 23.4 Å². The fraction of sp³-hybridized carbons (Fsp3) is 0.440. The second-order valence-electron chi connectivity index (χ2n) is 9.33. The quantitative estimate of drug-likeness (QED) is 0.524. The highest BCUT2D eigenvalue weighted by Gasteiger charge is 2.34. The van der Waals surface area contributed by atoms with Crippen molar-refractivity contribution in [3.05, 3.63) is 58.8 Å². The highest BCUT2D eigenvalue weighted by Crippen LogP contribution is 2.34. The molecule has 1 aromatic carbocycles. The Bertz CT molecular complexity index is 1230. The zero-order valence-corrected chi connectivity index (χ0v) is 20.2. The van der Waals surface area contributed by atoms with E-state index in [0.717, 1.165) is 42.6 Å². The van der Waals surface area contributed by atoms with Gasteiger partial charge >= 0.3 is 12.1 Å². The molecule has 184 valence electrons. The van der Waals surface area contributed by atoms with Crippen LogP contribution in [-0.4, -0.2) is 45.3 Å². The van der Waals surface area contributed by atoms with Crippen molar-refractivity contribution in [2.24, 2.45) is 0 Å². The van der Waals surface area contributed by atoms with Gasteiger partial charge in [0.25, 0.3) is 0 Å². The van der Waals surface area contributed by atoms with Crippen LogP contribution in [0.2, 0.25) is 0 Å². The second kappa shape index (κ2) is 9.44. The molecule has 2 fully saturated rings. The van der Waals surface area contributed by atoms with Gasteiger partial charge in [-0.3, -0.25) is 0 Å². The standard InChI is InChI=1S/C25H30N6O4/c1-15-8-9-18(26-24(32)30-10-4-6-20(30)22-12-16(2)28-34-22)14-19(15)27-25(33)31-11-5-7-21(31)23-13-17(3)29-35-23/h8-9,12-14,20-21H,4-7,10-11H2,1-3H3,(H,26,32)(H,27,33)/t20-,21-/m0/s1. The summed E-state index contributed by atoms with van der Waals surface area (Å²) in [4.78, 5) is 29.8. The van der Waals surface area contributed by atoms with Gasteiger partial charge in [0.15, 0.2) is 11.5 Å². The van der Waals surface area contributed by atoms with Crippen LogP contribution in [0, 0.1) is 20.8 Å². The number of likely N-dealkylation sites (tertiary alicyclic amines) is 2. The topological polar surface area (TPSA) is 117 Å². The highest BCUT2D eigenvalue weighted by molar-refractivity contribution is 5.94. The van der Waals surface area contributed by atoms with Crippen LogP contribution in [-0.2, 0) is 0 Å². The molecule has 5 rings (SSSR count). The Morgan fingerprint density at radius 1 is 0.829 bits per heavy atom. The Hall–Kier alpha value is -3.82. The summed E-state index contributed by atoms with van der Waals surface area (Å²) in [5.41, 5.74) is 3.75. The Kier molecular flexibility index (Phi) is 6.19. The van der Waals surface area contributed by atoms with E-state index in [1.165, 1.54) is 0 Å². The first-order valence-corrected chi connectivity index (χ1v) is 12.0. The molecule has 10 heteroatoms. The molecule has 4 heterocycles. The van der Waals surface area contributed by atoms with Crippen molar-refractivity contribution in [1.29, 1.82) is 0 Å². The van der Waals surface area contributed by atoms with Crippen LogP contribution in [0.3, 0.4) is 0 Å². The number of nitrogens with zero attached hydrogens (tertiary/aromatic N) is 4. The Morgan fingerprint density at radius 3 is 1.89 bits per heavy atom. The second-order valence-corrected chi connectivity index (χ2v) is 9.33. The van der Waals surface area contributed by atoms with Gasteiger partial charge in [-0.2, -0.15) is 0 Å². The molecule has 2 atom stereocenters. The third-order valence-corrected chi connectivity index (χ3v) is 6.71. The number of nitrogens with one attached hydrogen (secondary N) is 2. The molecule has 2 N–H and O–H groups in total. The maximum atomic E-state index is 13.1. The van der Waals surface area contributed by atoms with Gasteiger partial charge in [-0.15, -0.1) is 0 Å². The van der Waals surface area contributed by atoms with Crippen molar-refractivity contribution in [2.45, 2.75) is 58.5 Å². The maximum Gasteiger partial charge on any atom is 0.322 e. The van der Waals surface area contributed by atoms with Gasteiger partial charge in [0.2, 0.25) is 0 Å². The van der Waals surface area contributed by atoms with Crippen molar-refractivity contribution in [1.82, 2.24) is 20.1 Å². The third-order valence-electron chi connectivity index (χ3n) is 6.71. The van der Waals surface area contributed by atoms with Gasteiger partial charge < -0.3 is 29.5 Å². The van der Waals surface area contributed by atoms with Crippen molar-refractivity contribution in [3.8, 4) is 0 Å². The molecular weight excluding hydrogens is 448 g/mol. The van der Waals surface area contributed by atoms with Crippen LogP contribution in [0.25, 0.3) is 0 Å². The first-order chi connectivity index (χ1) is 16.9. The van der Waals surface area contributed by atoms with E-state index in [2.05, 4.69) is 20.9 Å². The molecule has 0 spiro atoms. The van der Waals surface area contributed by atoms with Crippen molar-refractivity contribution in [2.75, 3.05) is 23.7 Å². The summed E-state index contributed by atoms with van der Waals surface area (Å²) in [5.74, 6) is 1.41. The summed E-state index contributed by atoms with van der Waals surface area (Å²) in [7, 11) is 0. The highest BCUT2D eigenvalue weighted by atomic mass is 16.5. The molecule has 2 aliphatic rings. The number of carbonyl (C=O) groups excluding carboxylic acids is 2. The lowest BCUT2D eigenvalue weighted by molar-refractivity contribution is 0.195. The largest absolute Gasteiger partial charge is 0.359 e. The molecule has 0 unspecified atom stereocenters. The fourth-order valence-corrected chi connectivity index (χ4v) is 4.91. The van der Waals surface area contributed by atoms with Crippen LogP contribution in [0.1, 0.15) is 66.2 Å². The summed E-state index contributed by atoms with van der Waals surface area (Å²) < 4.78 is 10.8. The molecule has 2 aliphatic heterocycles. The zero-order valence-electron chi connectivity index (χ0n) is 20.2. The van der Waals surface area contributed by atoms with E-state index in [9.17, 15) is 9.59 Å². The summed E-state index contributed by atoms with van der Waals surface area (Å²) in [5, 5.41) is 13.9. The predicted octanol–water partition coefficient (Wildman–Crippen LogP) is 5.33. The summed E-state index contributed by atoms with van der Waals surface area (Å²) in [6, 6.07) is 8.59. The smallest absolute Gasteiger partial charge is 0.322 e. The lowest BCUT2D eigenvalue weighted by Gasteiger charge is -2.24. The number of urea groups is 2. The molecule has 2 saturated heterocycles. The number of carbonyl (C=O) groups is 2. The normalized spacial score (nSPS) is 19.9. The summed E-state index contributed by atoms with van der Waals surface area (Å²) in [6.07, 6.45) is 3.46. The molecule has 4 amide bonds. The van der Waals surface area contributed by atoms with E-state index in [4.69, 9.17) is 9.05 Å². The maximum absolute atomic E-state index is 13.1. The van der Waals surface area contributed by atoms with Gasteiger partial charge in [-0.1, -0.05) is 16.4 Å². The van der Waals surface area contributed by atoms with Gasteiger partial charge in [0.05, 0.1) is 23.5 Å². The van der Waals surface area contributed by atoms with Crippen molar-refractivity contribution in [3.63, 3.8) is 0 Å². The fourth-order valence-electron chi connectivity index (χ4n) is 4.91. The van der Waals surface area contributed by atoms with Crippen LogP contribution < -0.4 is 10.6 Å². The van der Waals surface area contributed by atoms with Crippen LogP contribution >= 0.6 is 0 Å². The van der Waals surface area contributed by atoms with Crippen LogP contribution in [0.15, 0.2) is 39.4 Å². The number of rotatable bonds is 4. The number of aryl methyl sites for hydroxylation is 3. The molecule has 0 bridgehead atoms. The summed E-state index contributed by atoms with van der Waals surface area (Å²) >= 11 is 0. The van der Waals surface area contributed by atoms with Crippen LogP contribution in [0.4, 0.5) is 21.0 Å².